The maximum atomic E-state index is 13.3. The summed E-state index contributed by atoms with van der Waals surface area (Å²) >= 11 is 0. The van der Waals surface area contributed by atoms with E-state index in [1.54, 1.807) is 6.07 Å². The third-order valence-electron chi connectivity index (χ3n) is 8.29. The topological polar surface area (TPSA) is 86.7 Å². The Kier molecular flexibility index (Phi) is 5.32. The summed E-state index contributed by atoms with van der Waals surface area (Å²) in [5.74, 6) is 2.05. The van der Waals surface area contributed by atoms with Crippen LogP contribution in [-0.2, 0) is 14.8 Å². The number of aryl methyl sites for hydroxylation is 1. The number of nitrogens with zero attached hydrogens (tertiary/aromatic N) is 1. The van der Waals surface area contributed by atoms with Crippen LogP contribution in [0.3, 0.4) is 0 Å². The van der Waals surface area contributed by atoms with Crippen LogP contribution >= 0.6 is 0 Å². The van der Waals surface area contributed by atoms with E-state index in [-0.39, 0.29) is 28.0 Å². The monoisotopic (exact) mass is 446 g/mol. The molecule has 31 heavy (non-hydrogen) atoms. The van der Waals surface area contributed by atoms with Gasteiger partial charge < -0.3 is 10.4 Å². The molecule has 5 aliphatic rings. The van der Waals surface area contributed by atoms with Crippen LogP contribution in [0.1, 0.15) is 63.4 Å². The Labute approximate surface area is 185 Å². The molecule has 0 spiro atoms. The first-order valence-corrected chi connectivity index (χ1v) is 13.3. The third kappa shape index (κ3) is 3.78. The predicted octanol–water partition coefficient (Wildman–Crippen LogP) is 3.58. The molecule has 0 aromatic heterocycles. The van der Waals surface area contributed by atoms with Crippen molar-refractivity contribution in [3.8, 4) is 5.75 Å². The number of aromatic hydroxyl groups is 1. The third-order valence-corrected chi connectivity index (χ3v) is 10.3. The van der Waals surface area contributed by atoms with Gasteiger partial charge >= 0.3 is 0 Å². The summed E-state index contributed by atoms with van der Waals surface area (Å²) in [6.07, 6.45) is 9.38. The molecule has 1 aromatic rings. The molecule has 1 aliphatic heterocycles. The number of benzene rings is 1. The van der Waals surface area contributed by atoms with Crippen LogP contribution in [0.25, 0.3) is 0 Å². The van der Waals surface area contributed by atoms with Crippen LogP contribution in [-0.4, -0.2) is 42.9 Å². The standard InChI is InChI=1S/C24H34N2O4S/c1-16-5-6-22(21(27)8-16)31(29,30)26-7-3-2-4-20(26)15-25-23(28)24-12-17-9-18(13-24)11-19(10-17)14-24/h5-6,8,17-20,27H,2-4,7,9-15H2,1H3,(H,25,28). The van der Waals surface area contributed by atoms with E-state index in [0.717, 1.165) is 44.1 Å². The highest BCUT2D eigenvalue weighted by Gasteiger charge is 2.54. The SMILES string of the molecule is Cc1ccc(S(=O)(=O)N2CCCCC2CNC(=O)C23CC4CC(CC(C4)C2)C3)c(O)c1. The second-order valence-electron chi connectivity index (χ2n) is 10.6. The summed E-state index contributed by atoms with van der Waals surface area (Å²) in [5.41, 5.74) is 0.594. The molecular formula is C24H34N2O4S. The fourth-order valence-electron chi connectivity index (χ4n) is 7.25. The van der Waals surface area contributed by atoms with Crippen LogP contribution in [0, 0.1) is 30.1 Å². The molecule has 6 rings (SSSR count). The fourth-order valence-corrected chi connectivity index (χ4v) is 9.01. The van der Waals surface area contributed by atoms with Gasteiger partial charge in [-0.3, -0.25) is 4.79 Å². The first kappa shape index (κ1) is 21.3. The Morgan fingerprint density at radius 3 is 2.39 bits per heavy atom. The minimum Gasteiger partial charge on any atom is -0.507 e. The lowest BCUT2D eigenvalue weighted by molar-refractivity contribution is -0.146. The van der Waals surface area contributed by atoms with Gasteiger partial charge in [-0.15, -0.1) is 0 Å². The molecule has 4 bridgehead atoms. The zero-order chi connectivity index (χ0) is 21.8. The molecule has 1 unspecified atom stereocenters. The first-order chi connectivity index (χ1) is 14.8. The van der Waals surface area contributed by atoms with E-state index in [4.69, 9.17) is 0 Å². The minimum absolute atomic E-state index is 0.0441. The second kappa shape index (κ2) is 7.77. The van der Waals surface area contributed by atoms with Crippen LogP contribution < -0.4 is 5.32 Å². The average Bonchev–Trinajstić information content (AvgIpc) is 2.71. The smallest absolute Gasteiger partial charge is 0.247 e. The maximum absolute atomic E-state index is 13.3. The van der Waals surface area contributed by atoms with Crippen molar-refractivity contribution >= 4 is 15.9 Å². The minimum atomic E-state index is -3.82. The lowest BCUT2D eigenvalue weighted by Gasteiger charge is -2.55. The van der Waals surface area contributed by atoms with Crippen molar-refractivity contribution in [2.45, 2.75) is 75.6 Å². The van der Waals surface area contributed by atoms with E-state index in [2.05, 4.69) is 5.32 Å². The van der Waals surface area contributed by atoms with E-state index in [1.165, 1.54) is 35.7 Å². The highest BCUT2D eigenvalue weighted by atomic mass is 32.2. The number of sulfonamides is 1. The van der Waals surface area contributed by atoms with Crippen LogP contribution in [0.4, 0.5) is 0 Å². The van der Waals surface area contributed by atoms with Gasteiger partial charge in [0.05, 0.1) is 0 Å². The average molecular weight is 447 g/mol. The van der Waals surface area contributed by atoms with Crippen molar-refractivity contribution < 1.29 is 18.3 Å². The van der Waals surface area contributed by atoms with Gasteiger partial charge in [-0.25, -0.2) is 8.42 Å². The van der Waals surface area contributed by atoms with Crippen molar-refractivity contribution in [3.63, 3.8) is 0 Å². The maximum Gasteiger partial charge on any atom is 0.247 e. The second-order valence-corrected chi connectivity index (χ2v) is 12.5. The molecule has 1 saturated heterocycles. The van der Waals surface area contributed by atoms with E-state index >= 15 is 0 Å². The van der Waals surface area contributed by atoms with Gasteiger partial charge in [0.25, 0.3) is 0 Å². The quantitative estimate of drug-likeness (QED) is 0.724. The van der Waals surface area contributed by atoms with E-state index in [9.17, 15) is 18.3 Å². The highest BCUT2D eigenvalue weighted by Crippen LogP contribution is 2.60. The van der Waals surface area contributed by atoms with Gasteiger partial charge in [0.15, 0.2) is 0 Å². The Morgan fingerprint density at radius 1 is 1.13 bits per heavy atom. The number of amides is 1. The molecule has 2 N–H and O–H groups in total. The van der Waals surface area contributed by atoms with Crippen LogP contribution in [0.5, 0.6) is 5.75 Å². The van der Waals surface area contributed by atoms with E-state index in [0.29, 0.717) is 30.8 Å². The van der Waals surface area contributed by atoms with Crippen LogP contribution in [0.2, 0.25) is 0 Å². The summed E-state index contributed by atoms with van der Waals surface area (Å²) in [5, 5.41) is 13.5. The summed E-state index contributed by atoms with van der Waals surface area (Å²) in [4.78, 5) is 13.3. The molecule has 7 heteroatoms. The van der Waals surface area contributed by atoms with Gasteiger partial charge in [-0.05, 0) is 93.7 Å². The number of rotatable bonds is 5. The van der Waals surface area contributed by atoms with Crippen molar-refractivity contribution in [3.05, 3.63) is 23.8 Å². The summed E-state index contributed by atoms with van der Waals surface area (Å²) < 4.78 is 28.2. The molecular weight excluding hydrogens is 412 g/mol. The van der Waals surface area contributed by atoms with E-state index in [1.807, 2.05) is 6.92 Å². The molecule has 1 heterocycles. The van der Waals surface area contributed by atoms with Gasteiger partial charge in [-0.1, -0.05) is 12.5 Å². The van der Waals surface area contributed by atoms with Crippen molar-refractivity contribution in [1.29, 1.82) is 0 Å². The molecule has 1 aromatic carbocycles. The number of hydrogen-bond acceptors (Lipinski definition) is 4. The number of nitrogens with one attached hydrogen (secondary N) is 1. The largest absolute Gasteiger partial charge is 0.507 e. The Hall–Kier alpha value is -1.60. The summed E-state index contributed by atoms with van der Waals surface area (Å²) in [7, 11) is -3.82. The van der Waals surface area contributed by atoms with Crippen molar-refractivity contribution in [1.82, 2.24) is 9.62 Å². The number of piperidine rings is 1. The lowest BCUT2D eigenvalue weighted by atomic mass is 9.49. The van der Waals surface area contributed by atoms with Crippen LogP contribution in [0.15, 0.2) is 23.1 Å². The Morgan fingerprint density at radius 2 is 1.77 bits per heavy atom. The molecule has 4 saturated carbocycles. The molecule has 170 valence electrons. The Bertz CT molecular complexity index is 939. The summed E-state index contributed by atoms with van der Waals surface area (Å²) in [6.45, 7) is 2.60. The van der Waals surface area contributed by atoms with E-state index < -0.39 is 10.0 Å². The van der Waals surface area contributed by atoms with Gasteiger partial charge in [0.2, 0.25) is 15.9 Å². The number of carbonyl (C=O) groups is 1. The number of phenolic OH excluding ortho intramolecular Hbond substituents is 1. The van der Waals surface area contributed by atoms with Gasteiger partial charge in [-0.2, -0.15) is 4.31 Å². The number of hydrogen-bond donors (Lipinski definition) is 2. The number of carbonyl (C=O) groups excluding carboxylic acids is 1. The molecule has 6 nitrogen and oxygen atoms in total. The predicted molar refractivity (Wildman–Crippen MR) is 118 cm³/mol. The zero-order valence-electron chi connectivity index (χ0n) is 18.3. The normalized spacial score (nSPS) is 35.3. The Balaban J connectivity index is 1.31. The van der Waals surface area contributed by atoms with Gasteiger partial charge in [0, 0.05) is 24.5 Å². The van der Waals surface area contributed by atoms with Gasteiger partial charge in [0.1, 0.15) is 10.6 Å². The number of phenols is 1. The molecule has 4 aliphatic carbocycles. The molecule has 1 amide bonds. The molecule has 1 atom stereocenters. The zero-order valence-corrected chi connectivity index (χ0v) is 19.2. The molecule has 0 radical (unpaired) electrons. The lowest BCUT2D eigenvalue weighted by Crippen LogP contribution is -2.56. The highest BCUT2D eigenvalue weighted by molar-refractivity contribution is 7.89. The molecule has 5 fully saturated rings. The fraction of sp³-hybridized carbons (Fsp3) is 0.708. The van der Waals surface area contributed by atoms with Crippen molar-refractivity contribution in [2.75, 3.05) is 13.1 Å². The first-order valence-electron chi connectivity index (χ1n) is 11.9. The van der Waals surface area contributed by atoms with Crippen molar-refractivity contribution in [2.24, 2.45) is 23.2 Å². The summed E-state index contributed by atoms with van der Waals surface area (Å²) in [6, 6.07) is 4.41.